The first kappa shape index (κ1) is 20.2. The van der Waals surface area contributed by atoms with E-state index in [4.69, 9.17) is 0 Å². The second-order valence-corrected chi connectivity index (χ2v) is 9.47. The molecule has 1 heterocycles. The lowest BCUT2D eigenvalue weighted by Gasteiger charge is -2.44. The van der Waals surface area contributed by atoms with Gasteiger partial charge in [0.2, 0.25) is 0 Å². The highest BCUT2D eigenvalue weighted by Gasteiger charge is 2.36. The summed E-state index contributed by atoms with van der Waals surface area (Å²) in [5.74, 6) is 2.45. The first-order valence-electron chi connectivity index (χ1n) is 10.6. The smallest absolute Gasteiger partial charge is 0.000840 e. The molecular weight excluding hydrogens is 294 g/mol. The zero-order valence-corrected chi connectivity index (χ0v) is 16.9. The van der Waals surface area contributed by atoms with E-state index < -0.39 is 0 Å². The number of piperidine rings is 1. The maximum absolute atomic E-state index is 3.73. The van der Waals surface area contributed by atoms with Gasteiger partial charge in [-0.15, -0.1) is 0 Å². The molecule has 3 nitrogen and oxygen atoms in total. The highest BCUT2D eigenvalue weighted by Crippen LogP contribution is 2.43. The minimum atomic E-state index is 0.630. The number of nitrogens with zero attached hydrogens (tertiary/aromatic N) is 1. The zero-order chi connectivity index (χ0) is 17.4. The fourth-order valence-electron chi connectivity index (χ4n) is 4.20. The Labute approximate surface area is 151 Å². The van der Waals surface area contributed by atoms with E-state index in [2.05, 4.69) is 43.2 Å². The van der Waals surface area contributed by atoms with Crippen molar-refractivity contribution in [3.8, 4) is 0 Å². The van der Waals surface area contributed by atoms with Crippen molar-refractivity contribution in [3.63, 3.8) is 0 Å². The second-order valence-electron chi connectivity index (χ2n) is 9.47. The minimum Gasteiger partial charge on any atom is -0.316 e. The van der Waals surface area contributed by atoms with E-state index in [0.29, 0.717) is 5.41 Å². The third-order valence-electron chi connectivity index (χ3n) is 6.12. The SMILES string of the molecule is CC(C)CNCC1CCN(CCC2(CNCC(C)C)CCC2)CC1. The lowest BCUT2D eigenvalue weighted by Crippen LogP contribution is -2.45. The summed E-state index contributed by atoms with van der Waals surface area (Å²) in [6, 6.07) is 0. The first-order chi connectivity index (χ1) is 11.5. The van der Waals surface area contributed by atoms with Crippen LogP contribution in [0.15, 0.2) is 0 Å². The molecule has 0 atom stereocenters. The van der Waals surface area contributed by atoms with Crippen molar-refractivity contribution in [1.29, 1.82) is 0 Å². The Kier molecular flexibility index (Phi) is 8.53. The van der Waals surface area contributed by atoms with Crippen molar-refractivity contribution in [1.82, 2.24) is 15.5 Å². The predicted octanol–water partition coefficient (Wildman–Crippen LogP) is 3.75. The Morgan fingerprint density at radius 1 is 0.958 bits per heavy atom. The number of nitrogens with one attached hydrogen (secondary N) is 2. The van der Waals surface area contributed by atoms with Gasteiger partial charge in [-0.1, -0.05) is 34.1 Å². The molecule has 1 aliphatic carbocycles. The van der Waals surface area contributed by atoms with Crippen LogP contribution in [0.5, 0.6) is 0 Å². The van der Waals surface area contributed by atoms with Crippen LogP contribution in [0.25, 0.3) is 0 Å². The fourth-order valence-corrected chi connectivity index (χ4v) is 4.20. The maximum Gasteiger partial charge on any atom is 0.000840 e. The summed E-state index contributed by atoms with van der Waals surface area (Å²) in [6.45, 7) is 18.0. The van der Waals surface area contributed by atoms with E-state index in [-0.39, 0.29) is 0 Å². The van der Waals surface area contributed by atoms with E-state index in [1.165, 1.54) is 84.3 Å². The molecule has 0 radical (unpaired) electrons. The molecule has 1 saturated carbocycles. The summed E-state index contributed by atoms with van der Waals surface area (Å²) < 4.78 is 0. The largest absolute Gasteiger partial charge is 0.316 e. The summed E-state index contributed by atoms with van der Waals surface area (Å²) in [4.78, 5) is 2.74. The van der Waals surface area contributed by atoms with Crippen LogP contribution in [0.4, 0.5) is 0 Å². The summed E-state index contributed by atoms with van der Waals surface area (Å²) >= 11 is 0. The van der Waals surface area contributed by atoms with Crippen molar-refractivity contribution in [2.75, 3.05) is 45.8 Å². The number of likely N-dealkylation sites (tertiary alicyclic amines) is 1. The Balaban J connectivity index is 1.59. The van der Waals surface area contributed by atoms with Gasteiger partial charge in [0, 0.05) is 6.54 Å². The molecule has 0 aromatic heterocycles. The van der Waals surface area contributed by atoms with E-state index >= 15 is 0 Å². The lowest BCUT2D eigenvalue weighted by molar-refractivity contribution is 0.0830. The van der Waals surface area contributed by atoms with Gasteiger partial charge in [0.15, 0.2) is 0 Å². The zero-order valence-electron chi connectivity index (χ0n) is 16.9. The maximum atomic E-state index is 3.73. The fraction of sp³-hybridized carbons (Fsp3) is 1.00. The summed E-state index contributed by atoms with van der Waals surface area (Å²) in [5.41, 5.74) is 0.630. The molecule has 0 aromatic rings. The average Bonchev–Trinajstić information content (AvgIpc) is 2.49. The molecule has 2 aliphatic rings. The van der Waals surface area contributed by atoms with E-state index in [9.17, 15) is 0 Å². The number of hydrogen-bond donors (Lipinski definition) is 2. The van der Waals surface area contributed by atoms with E-state index in [0.717, 1.165) is 17.8 Å². The monoisotopic (exact) mass is 337 g/mol. The van der Waals surface area contributed by atoms with Gasteiger partial charge >= 0.3 is 0 Å². The van der Waals surface area contributed by atoms with Gasteiger partial charge in [-0.25, -0.2) is 0 Å². The van der Waals surface area contributed by atoms with Crippen molar-refractivity contribution in [2.24, 2.45) is 23.2 Å². The van der Waals surface area contributed by atoms with Gasteiger partial charge in [-0.05, 0) is 94.5 Å². The Hall–Kier alpha value is -0.120. The molecule has 2 N–H and O–H groups in total. The van der Waals surface area contributed by atoms with Crippen LogP contribution in [0.1, 0.15) is 66.2 Å². The molecule has 0 aromatic carbocycles. The molecule has 142 valence electrons. The topological polar surface area (TPSA) is 27.3 Å². The van der Waals surface area contributed by atoms with Gasteiger partial charge in [-0.3, -0.25) is 0 Å². The highest BCUT2D eigenvalue weighted by atomic mass is 15.1. The Morgan fingerprint density at radius 3 is 2.12 bits per heavy atom. The van der Waals surface area contributed by atoms with Gasteiger partial charge in [0.25, 0.3) is 0 Å². The number of hydrogen-bond acceptors (Lipinski definition) is 3. The summed E-state index contributed by atoms with van der Waals surface area (Å²) in [6.07, 6.45) is 8.55. The molecule has 0 bridgehead atoms. The van der Waals surface area contributed by atoms with Gasteiger partial charge < -0.3 is 15.5 Å². The average molecular weight is 338 g/mol. The Morgan fingerprint density at radius 2 is 1.58 bits per heavy atom. The molecule has 0 unspecified atom stereocenters. The van der Waals surface area contributed by atoms with Gasteiger partial charge in [-0.2, -0.15) is 0 Å². The third kappa shape index (κ3) is 7.01. The molecule has 2 fully saturated rings. The van der Waals surface area contributed by atoms with Gasteiger partial charge in [0.1, 0.15) is 0 Å². The molecule has 2 rings (SSSR count). The van der Waals surface area contributed by atoms with Crippen molar-refractivity contribution in [3.05, 3.63) is 0 Å². The quantitative estimate of drug-likeness (QED) is 0.601. The lowest BCUT2D eigenvalue weighted by atomic mass is 9.66. The van der Waals surface area contributed by atoms with Crippen LogP contribution in [0.2, 0.25) is 0 Å². The van der Waals surface area contributed by atoms with Crippen molar-refractivity contribution in [2.45, 2.75) is 66.2 Å². The molecule has 0 spiro atoms. The minimum absolute atomic E-state index is 0.630. The molecule has 1 saturated heterocycles. The van der Waals surface area contributed by atoms with Crippen molar-refractivity contribution >= 4 is 0 Å². The number of rotatable bonds is 11. The highest BCUT2D eigenvalue weighted by molar-refractivity contribution is 4.90. The molecule has 0 amide bonds. The van der Waals surface area contributed by atoms with Crippen LogP contribution >= 0.6 is 0 Å². The molecular formula is C21H43N3. The third-order valence-corrected chi connectivity index (χ3v) is 6.12. The summed E-state index contributed by atoms with van der Waals surface area (Å²) in [7, 11) is 0. The van der Waals surface area contributed by atoms with Crippen LogP contribution in [-0.2, 0) is 0 Å². The Bertz CT molecular complexity index is 328. The van der Waals surface area contributed by atoms with Crippen LogP contribution in [0.3, 0.4) is 0 Å². The first-order valence-corrected chi connectivity index (χ1v) is 10.6. The van der Waals surface area contributed by atoms with Crippen LogP contribution < -0.4 is 10.6 Å². The van der Waals surface area contributed by atoms with E-state index in [1.54, 1.807) is 0 Å². The van der Waals surface area contributed by atoms with Crippen LogP contribution in [-0.4, -0.2) is 50.7 Å². The predicted molar refractivity (Wildman–Crippen MR) is 105 cm³/mol. The summed E-state index contributed by atoms with van der Waals surface area (Å²) in [5, 5.41) is 7.38. The van der Waals surface area contributed by atoms with Crippen molar-refractivity contribution < 1.29 is 0 Å². The molecule has 24 heavy (non-hydrogen) atoms. The van der Waals surface area contributed by atoms with Gasteiger partial charge in [0.05, 0.1) is 0 Å². The molecule has 3 heteroatoms. The second kappa shape index (κ2) is 10.1. The van der Waals surface area contributed by atoms with E-state index in [1.807, 2.05) is 0 Å². The normalized spacial score (nSPS) is 22.2. The van der Waals surface area contributed by atoms with Crippen LogP contribution in [0, 0.1) is 23.2 Å². The standard InChI is InChI=1S/C21H43N3/c1-18(2)14-22-16-20-6-11-24(12-7-20)13-10-21(8-5-9-21)17-23-15-19(3)4/h18-20,22-23H,5-17H2,1-4H3. The molecule has 1 aliphatic heterocycles.